The van der Waals surface area contributed by atoms with Gasteiger partial charge in [0, 0.05) is 6.54 Å². The Bertz CT molecular complexity index is 351. The lowest BCUT2D eigenvalue weighted by molar-refractivity contribution is -0.145. The van der Waals surface area contributed by atoms with Gasteiger partial charge in [0.2, 0.25) is 0 Å². The highest BCUT2D eigenvalue weighted by Crippen LogP contribution is 2.18. The first-order chi connectivity index (χ1) is 9.24. The average molecular weight is 289 g/mol. The van der Waals surface area contributed by atoms with Crippen molar-refractivity contribution in [1.29, 1.82) is 0 Å². The van der Waals surface area contributed by atoms with Crippen molar-refractivity contribution in [2.24, 2.45) is 0 Å². The normalized spacial score (nSPS) is 21.2. The minimum absolute atomic E-state index is 0.164. The van der Waals surface area contributed by atoms with E-state index in [9.17, 15) is 14.7 Å². The van der Waals surface area contributed by atoms with Crippen molar-refractivity contribution in [2.45, 2.75) is 44.9 Å². The molecule has 0 aromatic heterocycles. The molecule has 7 heteroatoms. The van der Waals surface area contributed by atoms with Crippen LogP contribution in [0.2, 0.25) is 0 Å². The molecule has 0 saturated carbocycles. The lowest BCUT2D eigenvalue weighted by Crippen LogP contribution is -2.55. The van der Waals surface area contributed by atoms with Crippen LogP contribution in [0.1, 0.15) is 27.2 Å². The first-order valence-electron chi connectivity index (χ1n) is 6.57. The van der Waals surface area contributed by atoms with Gasteiger partial charge in [-0.3, -0.25) is 9.69 Å². The van der Waals surface area contributed by atoms with Gasteiger partial charge in [0.1, 0.15) is 5.60 Å². The Morgan fingerprint density at radius 3 is 2.65 bits per heavy atom. The van der Waals surface area contributed by atoms with E-state index in [1.54, 1.807) is 20.8 Å². The van der Waals surface area contributed by atoms with Crippen molar-refractivity contribution in [3.05, 3.63) is 0 Å². The largest absolute Gasteiger partial charge is 0.469 e. The monoisotopic (exact) mass is 289 g/mol. The van der Waals surface area contributed by atoms with Crippen molar-refractivity contribution < 1.29 is 28.9 Å². The molecule has 1 fully saturated rings. The molecule has 1 aliphatic heterocycles. The number of rotatable bonds is 3. The van der Waals surface area contributed by atoms with Gasteiger partial charge >= 0.3 is 12.1 Å². The van der Waals surface area contributed by atoms with Crippen molar-refractivity contribution in [3.63, 3.8) is 0 Å². The fourth-order valence-corrected chi connectivity index (χ4v) is 1.88. The van der Waals surface area contributed by atoms with E-state index in [4.69, 9.17) is 9.47 Å². The van der Waals surface area contributed by atoms with Gasteiger partial charge in [-0.25, -0.2) is 4.79 Å². The maximum atomic E-state index is 12.1. The fraction of sp³-hybridized carbons (Fsp3) is 0.846. The Morgan fingerprint density at radius 2 is 2.10 bits per heavy atom. The van der Waals surface area contributed by atoms with Gasteiger partial charge in [-0.15, -0.1) is 0 Å². The van der Waals surface area contributed by atoms with Crippen molar-refractivity contribution in [1.82, 2.24) is 4.90 Å². The standard InChI is InChI=1S/C13H23NO6/c1-13(2,3)20-12(17)14-5-6-19-8-9(14)10(15)7-11(16)18-4/h9-10,15H,5-8H2,1-4H3. The Morgan fingerprint density at radius 1 is 1.45 bits per heavy atom. The van der Waals surface area contributed by atoms with Gasteiger partial charge in [0.05, 0.1) is 38.9 Å². The molecule has 116 valence electrons. The summed E-state index contributed by atoms with van der Waals surface area (Å²) in [7, 11) is 1.25. The Balaban J connectivity index is 2.70. The second-order valence-electron chi connectivity index (χ2n) is 5.66. The van der Waals surface area contributed by atoms with Gasteiger partial charge in [-0.1, -0.05) is 0 Å². The molecule has 7 nitrogen and oxygen atoms in total. The van der Waals surface area contributed by atoms with Gasteiger partial charge in [-0.2, -0.15) is 0 Å². The van der Waals surface area contributed by atoms with E-state index in [2.05, 4.69) is 4.74 Å². The molecule has 0 bridgehead atoms. The van der Waals surface area contributed by atoms with Crippen LogP contribution in [0.5, 0.6) is 0 Å². The van der Waals surface area contributed by atoms with Crippen molar-refractivity contribution >= 4 is 12.1 Å². The summed E-state index contributed by atoms with van der Waals surface area (Å²) in [6, 6.07) is -0.613. The van der Waals surface area contributed by atoms with Gasteiger partial charge in [0.25, 0.3) is 0 Å². The molecule has 1 heterocycles. The summed E-state index contributed by atoms with van der Waals surface area (Å²) >= 11 is 0. The van der Waals surface area contributed by atoms with Crippen LogP contribution in [-0.2, 0) is 19.0 Å². The number of carbonyl (C=O) groups excluding carboxylic acids is 2. The molecule has 0 aromatic carbocycles. The second kappa shape index (κ2) is 6.90. The highest BCUT2D eigenvalue weighted by molar-refractivity contribution is 5.71. The predicted octanol–water partition coefficient (Wildman–Crippen LogP) is 0.546. The molecule has 1 aliphatic rings. The summed E-state index contributed by atoms with van der Waals surface area (Å²) in [5.41, 5.74) is -0.618. The number of amides is 1. The van der Waals surface area contributed by atoms with Crippen LogP contribution >= 0.6 is 0 Å². The molecule has 0 radical (unpaired) electrons. The number of methoxy groups -OCH3 is 1. The van der Waals surface area contributed by atoms with E-state index in [1.807, 2.05) is 0 Å². The van der Waals surface area contributed by atoms with Crippen LogP contribution in [0.3, 0.4) is 0 Å². The number of aliphatic hydroxyl groups excluding tert-OH is 1. The number of aliphatic hydroxyl groups is 1. The third kappa shape index (κ3) is 4.97. The van der Waals surface area contributed by atoms with Gasteiger partial charge in [0.15, 0.2) is 0 Å². The number of morpholine rings is 1. The van der Waals surface area contributed by atoms with E-state index >= 15 is 0 Å². The molecule has 1 N–H and O–H groups in total. The number of hydrogen-bond acceptors (Lipinski definition) is 6. The van der Waals surface area contributed by atoms with Crippen LogP contribution in [-0.4, -0.2) is 66.7 Å². The molecule has 1 saturated heterocycles. The molecule has 0 aliphatic carbocycles. The number of esters is 1. The van der Waals surface area contributed by atoms with Crippen LogP contribution < -0.4 is 0 Å². The highest BCUT2D eigenvalue weighted by Gasteiger charge is 2.36. The quantitative estimate of drug-likeness (QED) is 0.764. The topological polar surface area (TPSA) is 85.3 Å². The number of nitrogens with zero attached hydrogens (tertiary/aromatic N) is 1. The SMILES string of the molecule is COC(=O)CC(O)C1COCCN1C(=O)OC(C)(C)C. The number of carbonyl (C=O) groups is 2. The summed E-state index contributed by atoms with van der Waals surface area (Å²) in [5, 5.41) is 10.1. The first-order valence-corrected chi connectivity index (χ1v) is 6.57. The summed E-state index contributed by atoms with van der Waals surface area (Å²) in [6.45, 7) is 6.16. The van der Waals surface area contributed by atoms with Crippen molar-refractivity contribution in [2.75, 3.05) is 26.9 Å². The maximum Gasteiger partial charge on any atom is 0.410 e. The summed E-state index contributed by atoms with van der Waals surface area (Å²) < 4.78 is 15.1. The van der Waals surface area contributed by atoms with Gasteiger partial charge in [-0.05, 0) is 20.8 Å². The molecule has 0 spiro atoms. The first kappa shape index (κ1) is 16.7. The molecule has 1 amide bonds. The third-order valence-electron chi connectivity index (χ3n) is 2.84. The smallest absolute Gasteiger partial charge is 0.410 e. The zero-order valence-corrected chi connectivity index (χ0v) is 12.4. The molecule has 20 heavy (non-hydrogen) atoms. The van der Waals surface area contributed by atoms with Crippen LogP contribution in [0, 0.1) is 0 Å². The Labute approximate surface area is 118 Å². The minimum Gasteiger partial charge on any atom is -0.469 e. The van der Waals surface area contributed by atoms with E-state index in [0.717, 1.165) is 0 Å². The van der Waals surface area contributed by atoms with E-state index < -0.39 is 29.8 Å². The third-order valence-corrected chi connectivity index (χ3v) is 2.84. The Kier molecular flexibility index (Phi) is 5.76. The predicted molar refractivity (Wildman–Crippen MR) is 70.2 cm³/mol. The van der Waals surface area contributed by atoms with Crippen LogP contribution in [0.25, 0.3) is 0 Å². The van der Waals surface area contributed by atoms with E-state index in [0.29, 0.717) is 13.2 Å². The molecule has 2 unspecified atom stereocenters. The number of hydrogen-bond donors (Lipinski definition) is 1. The van der Waals surface area contributed by atoms with E-state index in [1.165, 1.54) is 12.0 Å². The molecular formula is C13H23NO6. The molecule has 1 rings (SSSR count). The van der Waals surface area contributed by atoms with Gasteiger partial charge < -0.3 is 19.3 Å². The van der Waals surface area contributed by atoms with Crippen LogP contribution in [0.15, 0.2) is 0 Å². The summed E-state index contributed by atoms with van der Waals surface area (Å²) in [4.78, 5) is 24.7. The molecule has 2 atom stereocenters. The lowest BCUT2D eigenvalue weighted by atomic mass is 10.1. The van der Waals surface area contributed by atoms with Crippen molar-refractivity contribution in [3.8, 4) is 0 Å². The summed E-state index contributed by atoms with van der Waals surface area (Å²) in [5.74, 6) is -0.535. The Hall–Kier alpha value is -1.34. The van der Waals surface area contributed by atoms with Crippen LogP contribution in [0.4, 0.5) is 4.79 Å². The lowest BCUT2D eigenvalue weighted by Gasteiger charge is -2.38. The second-order valence-corrected chi connectivity index (χ2v) is 5.66. The molecule has 0 aromatic rings. The van der Waals surface area contributed by atoms with E-state index in [-0.39, 0.29) is 13.0 Å². The highest BCUT2D eigenvalue weighted by atomic mass is 16.6. The minimum atomic E-state index is -1.05. The average Bonchev–Trinajstić information content (AvgIpc) is 2.36. The maximum absolute atomic E-state index is 12.1. The zero-order valence-electron chi connectivity index (χ0n) is 12.4. The number of ether oxygens (including phenoxy) is 3. The fourth-order valence-electron chi connectivity index (χ4n) is 1.88. The zero-order chi connectivity index (χ0) is 15.3. The summed E-state index contributed by atoms with van der Waals surface area (Å²) in [6.07, 6.45) is -1.76. The molecular weight excluding hydrogens is 266 g/mol.